The Morgan fingerprint density at radius 2 is 0.645 bits per heavy atom. The molecule has 12 rings (SSSR count). The first-order chi connectivity index (χ1) is 30.7. The van der Waals surface area contributed by atoms with Crippen LogP contribution in [0.4, 0.5) is 0 Å². The van der Waals surface area contributed by atoms with E-state index in [1.165, 1.54) is 27.8 Å². The quantitative estimate of drug-likeness (QED) is 0.168. The first kappa shape index (κ1) is 35.7. The monoisotopic (exact) mass is 791 g/mol. The number of benzene rings is 9. The molecule has 9 aromatic carbocycles. The molecular weight excluding hydrogens is 755 g/mol. The van der Waals surface area contributed by atoms with Crippen molar-refractivity contribution in [3.63, 3.8) is 0 Å². The smallest absolute Gasteiger partial charge is 0.164 e. The predicted molar refractivity (Wildman–Crippen MR) is 250 cm³/mol. The normalized spacial score (nSPS) is 12.8. The van der Waals surface area contributed by atoms with Gasteiger partial charge in [0.25, 0.3) is 0 Å². The Labute approximate surface area is 360 Å². The van der Waals surface area contributed by atoms with Crippen LogP contribution in [0.5, 0.6) is 11.5 Å². The molecule has 4 nitrogen and oxygen atoms in total. The fraction of sp³-hybridized carbons (Fsp3) is 0.0172. The van der Waals surface area contributed by atoms with Gasteiger partial charge in [-0.05, 0) is 86.0 Å². The van der Waals surface area contributed by atoms with E-state index in [1.54, 1.807) is 0 Å². The molecule has 0 atom stereocenters. The highest BCUT2D eigenvalue weighted by atomic mass is 16.5. The van der Waals surface area contributed by atoms with E-state index in [0.717, 1.165) is 67.1 Å². The minimum atomic E-state index is -0.523. The zero-order chi connectivity index (χ0) is 41.0. The van der Waals surface area contributed by atoms with E-state index in [-0.39, 0.29) is 0 Å². The van der Waals surface area contributed by atoms with Crippen molar-refractivity contribution >= 4 is 0 Å². The summed E-state index contributed by atoms with van der Waals surface area (Å²) >= 11 is 0. The summed E-state index contributed by atoms with van der Waals surface area (Å²) in [7, 11) is 0. The highest BCUT2D eigenvalue weighted by Crippen LogP contribution is 2.62. The lowest BCUT2D eigenvalue weighted by atomic mass is 9.66. The van der Waals surface area contributed by atoms with E-state index in [1.807, 2.05) is 36.4 Å². The molecule has 1 spiro atoms. The molecule has 0 saturated carbocycles. The van der Waals surface area contributed by atoms with E-state index in [2.05, 4.69) is 188 Å². The van der Waals surface area contributed by atoms with E-state index in [4.69, 9.17) is 19.7 Å². The SMILES string of the molecule is c1ccc(-c2ccc(-c3nc(-c4ccccc4)nc(-c4cccc(-c5cccc(-c6ccc7c(c6)C6(c8ccccc8O7)c7ccccc7-c7ccccc76)c5)c4)n3)cc2)cc1. The highest BCUT2D eigenvalue weighted by molar-refractivity contribution is 5.89. The Morgan fingerprint density at radius 1 is 0.258 bits per heavy atom. The molecule has 0 radical (unpaired) electrons. The third-order valence-corrected chi connectivity index (χ3v) is 12.4. The number of nitrogens with zero attached hydrogens (tertiary/aromatic N) is 3. The van der Waals surface area contributed by atoms with Crippen LogP contribution >= 0.6 is 0 Å². The lowest BCUT2D eigenvalue weighted by molar-refractivity contribution is 0.436. The van der Waals surface area contributed by atoms with E-state index in [0.29, 0.717) is 17.5 Å². The molecule has 62 heavy (non-hydrogen) atoms. The van der Waals surface area contributed by atoms with Crippen LogP contribution in [0.2, 0.25) is 0 Å². The second kappa shape index (κ2) is 14.5. The number of para-hydroxylation sites is 1. The van der Waals surface area contributed by atoms with E-state index < -0.39 is 5.41 Å². The molecule has 10 aromatic rings. The molecule has 290 valence electrons. The van der Waals surface area contributed by atoms with E-state index >= 15 is 0 Å². The van der Waals surface area contributed by atoms with Gasteiger partial charge >= 0.3 is 0 Å². The van der Waals surface area contributed by atoms with Gasteiger partial charge in [-0.25, -0.2) is 15.0 Å². The number of ether oxygens (including phenoxy) is 1. The van der Waals surface area contributed by atoms with Crippen molar-refractivity contribution in [2.24, 2.45) is 0 Å². The first-order valence-electron chi connectivity index (χ1n) is 21.0. The summed E-state index contributed by atoms with van der Waals surface area (Å²) in [5.74, 6) is 3.65. The maximum Gasteiger partial charge on any atom is 0.164 e. The molecule has 4 heteroatoms. The number of rotatable bonds is 6. The number of aromatic nitrogens is 3. The summed E-state index contributed by atoms with van der Waals surface area (Å²) in [5, 5.41) is 0. The van der Waals surface area contributed by atoms with Crippen molar-refractivity contribution < 1.29 is 4.74 Å². The van der Waals surface area contributed by atoms with E-state index in [9.17, 15) is 0 Å². The van der Waals surface area contributed by atoms with Gasteiger partial charge < -0.3 is 4.74 Å². The fourth-order valence-electron chi connectivity index (χ4n) is 9.54. The molecule has 0 N–H and O–H groups in total. The van der Waals surface area contributed by atoms with Crippen LogP contribution in [-0.2, 0) is 5.41 Å². The Balaban J connectivity index is 0.943. The second-order valence-electron chi connectivity index (χ2n) is 15.9. The van der Waals surface area contributed by atoms with Crippen LogP contribution in [0, 0.1) is 0 Å². The maximum atomic E-state index is 6.71. The number of hydrogen-bond acceptors (Lipinski definition) is 4. The topological polar surface area (TPSA) is 47.9 Å². The summed E-state index contributed by atoms with van der Waals surface area (Å²) in [5.41, 5.74) is 16.4. The highest BCUT2D eigenvalue weighted by Gasteiger charge is 2.51. The van der Waals surface area contributed by atoms with Crippen LogP contribution in [0.3, 0.4) is 0 Å². The third kappa shape index (κ3) is 5.80. The Kier molecular flexibility index (Phi) is 8.36. The lowest BCUT2D eigenvalue weighted by Gasteiger charge is -2.39. The summed E-state index contributed by atoms with van der Waals surface area (Å²) in [6, 6.07) is 79.2. The van der Waals surface area contributed by atoms with Gasteiger partial charge in [0, 0.05) is 27.8 Å². The van der Waals surface area contributed by atoms with Gasteiger partial charge in [-0.1, -0.05) is 194 Å². The molecule has 0 amide bonds. The van der Waals surface area contributed by atoms with Gasteiger partial charge in [0.2, 0.25) is 0 Å². The predicted octanol–water partition coefficient (Wildman–Crippen LogP) is 14.3. The van der Waals surface area contributed by atoms with Gasteiger partial charge in [-0.2, -0.15) is 0 Å². The largest absolute Gasteiger partial charge is 0.457 e. The number of hydrogen-bond donors (Lipinski definition) is 0. The second-order valence-corrected chi connectivity index (χ2v) is 15.9. The van der Waals surface area contributed by atoms with Crippen molar-refractivity contribution in [1.82, 2.24) is 15.0 Å². The first-order valence-corrected chi connectivity index (χ1v) is 21.0. The molecule has 1 aliphatic heterocycles. The molecule has 1 aliphatic carbocycles. The Morgan fingerprint density at radius 3 is 1.27 bits per heavy atom. The van der Waals surface area contributed by atoms with Crippen LogP contribution in [0.15, 0.2) is 224 Å². The lowest BCUT2D eigenvalue weighted by Crippen LogP contribution is -2.32. The minimum Gasteiger partial charge on any atom is -0.457 e. The molecule has 2 aliphatic rings. The summed E-state index contributed by atoms with van der Waals surface area (Å²) in [6.45, 7) is 0. The Bertz CT molecular complexity index is 3280. The van der Waals surface area contributed by atoms with Crippen LogP contribution < -0.4 is 4.74 Å². The third-order valence-electron chi connectivity index (χ3n) is 12.4. The summed E-state index contributed by atoms with van der Waals surface area (Å²) < 4.78 is 6.71. The maximum absolute atomic E-state index is 6.71. The van der Waals surface area contributed by atoms with Gasteiger partial charge in [0.15, 0.2) is 17.5 Å². The average Bonchev–Trinajstić information content (AvgIpc) is 3.65. The van der Waals surface area contributed by atoms with Gasteiger partial charge in [-0.3, -0.25) is 0 Å². The average molecular weight is 792 g/mol. The van der Waals surface area contributed by atoms with Crippen LogP contribution in [0.1, 0.15) is 22.3 Å². The van der Waals surface area contributed by atoms with Crippen LogP contribution in [0.25, 0.3) is 78.7 Å². The molecule has 0 unspecified atom stereocenters. The molecular formula is C58H37N3O. The zero-order valence-corrected chi connectivity index (χ0v) is 33.6. The fourth-order valence-corrected chi connectivity index (χ4v) is 9.54. The van der Waals surface area contributed by atoms with Gasteiger partial charge in [-0.15, -0.1) is 0 Å². The van der Waals surface area contributed by atoms with Crippen molar-refractivity contribution in [3.05, 3.63) is 247 Å². The van der Waals surface area contributed by atoms with Crippen molar-refractivity contribution in [2.75, 3.05) is 0 Å². The minimum absolute atomic E-state index is 0.523. The van der Waals surface area contributed by atoms with Crippen LogP contribution in [-0.4, -0.2) is 15.0 Å². The van der Waals surface area contributed by atoms with Gasteiger partial charge in [0.1, 0.15) is 11.5 Å². The molecule has 0 bridgehead atoms. The molecule has 0 saturated heterocycles. The van der Waals surface area contributed by atoms with Crippen molar-refractivity contribution in [2.45, 2.75) is 5.41 Å². The standard InChI is InChI=1S/C58H37N3O/c1-3-15-38(16-4-1)39-29-31-41(32-30-39)56-59-55(40-17-5-2-6-18-40)60-57(61-56)46-22-14-21-44(36-46)42-19-13-20-43(35-42)45-33-34-54-52(37-45)58(51-27-11-12-28-53(51)62-54)49-25-9-7-23-47(49)48-24-8-10-26-50(48)58/h1-37H. The van der Waals surface area contributed by atoms with Crippen molar-refractivity contribution in [1.29, 1.82) is 0 Å². The summed E-state index contributed by atoms with van der Waals surface area (Å²) in [4.78, 5) is 15.1. The van der Waals surface area contributed by atoms with Crippen molar-refractivity contribution in [3.8, 4) is 90.2 Å². The number of fused-ring (bicyclic) bond motifs is 9. The molecule has 1 aromatic heterocycles. The Hall–Kier alpha value is -8.21. The van der Waals surface area contributed by atoms with Gasteiger partial charge in [0.05, 0.1) is 5.41 Å². The molecule has 2 heterocycles. The zero-order valence-electron chi connectivity index (χ0n) is 33.6. The summed E-state index contributed by atoms with van der Waals surface area (Å²) in [6.07, 6.45) is 0. The molecule has 0 fully saturated rings.